The van der Waals surface area contributed by atoms with Crippen molar-refractivity contribution in [1.82, 2.24) is 0 Å². The third-order valence-corrected chi connectivity index (χ3v) is 30.3. The molecule has 0 bridgehead atoms. The van der Waals surface area contributed by atoms with Gasteiger partial charge in [0.1, 0.15) is 43.6 Å². The van der Waals surface area contributed by atoms with Crippen LogP contribution in [-0.4, -0.2) is 107 Å². The average molecular weight is 1680 g/mol. The van der Waals surface area contributed by atoms with Crippen molar-refractivity contribution in [2.24, 2.45) is 29.6 Å². The number of fused-ring (bicyclic) bond motifs is 9. The van der Waals surface area contributed by atoms with E-state index in [-0.39, 0.29) is 142 Å². The molecule has 37 heteroatoms. The Morgan fingerprint density at radius 2 is 0.795 bits per heavy atom. The van der Waals surface area contributed by atoms with Crippen molar-refractivity contribution < 1.29 is 148 Å². The van der Waals surface area contributed by atoms with Gasteiger partial charge < -0.3 is 37.8 Å². The van der Waals surface area contributed by atoms with Crippen LogP contribution in [-0.2, 0) is 99.8 Å². The second kappa shape index (κ2) is 35.1. The maximum atomic E-state index is 15.2. The topological polar surface area (TPSA) is 256 Å². The number of Topliss-reactive ketones (excluding diaryl/α,β-unsaturated/α-hetero) is 1. The number of ether oxygens (including phenoxy) is 5. The number of hydrogen-bond acceptors (Lipinski definition) is 18. The van der Waals surface area contributed by atoms with Gasteiger partial charge in [0.2, 0.25) is 0 Å². The molecule has 1 N–H and O–H groups in total. The molecular formula is C75H80F15O18PS3. The van der Waals surface area contributed by atoms with Crippen LogP contribution in [0.2, 0.25) is 0 Å². The van der Waals surface area contributed by atoms with Crippen LogP contribution < -0.4 is 14.2 Å². The van der Waals surface area contributed by atoms with Gasteiger partial charge in [-0.1, -0.05) is 7.43 Å². The largest absolute Gasteiger partial charge is 0.490 e. The van der Waals surface area contributed by atoms with E-state index < -0.39 is 200 Å². The van der Waals surface area contributed by atoms with Crippen LogP contribution in [0.15, 0.2) is 124 Å². The first-order valence-electron chi connectivity index (χ1n) is 34.9. The Morgan fingerprint density at radius 1 is 0.473 bits per heavy atom. The van der Waals surface area contributed by atoms with Crippen molar-refractivity contribution in [3.63, 3.8) is 0 Å². The summed E-state index contributed by atoms with van der Waals surface area (Å²) in [6.45, 7) is 6.78. The van der Waals surface area contributed by atoms with Gasteiger partial charge in [-0.2, -0.15) is 39.5 Å². The Morgan fingerprint density at radius 3 is 1.13 bits per heavy atom. The lowest BCUT2D eigenvalue weighted by molar-refractivity contribution is -0.145. The van der Waals surface area contributed by atoms with Gasteiger partial charge in [-0.15, -0.1) is 0 Å². The highest BCUT2D eigenvalue weighted by Crippen LogP contribution is 2.61. The van der Waals surface area contributed by atoms with Crippen molar-refractivity contribution in [2.75, 3.05) is 59.0 Å². The first kappa shape index (κ1) is 89.8. The lowest BCUT2D eigenvalue weighted by Crippen LogP contribution is -2.52. The quantitative estimate of drug-likeness (QED) is 0.0476. The van der Waals surface area contributed by atoms with Crippen LogP contribution >= 0.6 is 7.60 Å². The summed E-state index contributed by atoms with van der Waals surface area (Å²) >= 11 is 0. The normalized spacial score (nSPS) is 22.7. The van der Waals surface area contributed by atoms with E-state index in [9.17, 15) is 106 Å². The number of carbonyl (C=O) groups is 3. The molecule has 3 aliphatic carbocycles. The summed E-state index contributed by atoms with van der Waals surface area (Å²) in [7, 11) is -16.8. The van der Waals surface area contributed by atoms with Gasteiger partial charge in [0, 0.05) is 43.6 Å². The summed E-state index contributed by atoms with van der Waals surface area (Å²) in [5.74, 6) is -11.5. The molecule has 616 valence electrons. The highest BCUT2D eigenvalue weighted by atomic mass is 32.2. The molecule has 18 nitrogen and oxygen atoms in total. The number of alkyl halides is 9. The van der Waals surface area contributed by atoms with E-state index in [4.69, 9.17) is 28.0 Å². The molecule has 112 heavy (non-hydrogen) atoms. The zero-order valence-electron chi connectivity index (χ0n) is 59.7. The monoisotopic (exact) mass is 1680 g/mol. The highest BCUT2D eigenvalue weighted by Gasteiger charge is 2.63. The molecule has 3 fully saturated rings. The molecule has 0 amide bonds. The number of carbonyl (C=O) groups excluding carboxylic acids is 3. The molecule has 6 aromatic carbocycles. The summed E-state index contributed by atoms with van der Waals surface area (Å²) in [5, 5.41) is 9.30. The number of aliphatic hydroxyl groups excluding tert-OH is 1. The number of sulfone groups is 3. The number of esters is 2. The van der Waals surface area contributed by atoms with Crippen molar-refractivity contribution in [3.8, 4) is 17.2 Å². The van der Waals surface area contributed by atoms with Crippen LogP contribution in [0.4, 0.5) is 65.9 Å². The van der Waals surface area contributed by atoms with Crippen molar-refractivity contribution in [3.05, 3.63) is 177 Å². The second-order valence-corrected chi connectivity index (χ2v) is 35.6. The Bertz CT molecular complexity index is 4790. The standard InChI is InChI=1S/C24H23F5O5S.C22H21F5O4S.C20H15F5O4S.C8H17O5P.CH4/c1-2-33-20(30)12-14-9-10-23(35(31,32)17-5-3-15(4-6-17)24(27,28)29)16(11-14)13-34-22-19(26)8-7-18(25)21(22)23;23-17-5-6-18(24)20-19(17)21(9-7-13(8-10-28)11-15(21)12-31-20)32(29,30)16-3-1-14(2-4-16)22(25,26)27;21-15-5-6-16(22)18-17(15)19(8-7-13(26)9-12(19)10-29-18)30(27,28)14-3-1-11(2-4-14)20(23,24)25;1-4-11-8(9)7-14(10,12-5-2)13-6-3;/h3-8,14,16H,2,9-13H2,1H3;1-6,13,15,28H,7-12H2;1-6,12H,7-10H2;4-7H2,1-3H3;1H4/t14-,16-,23+;13-,15+,21-;12-,19+;;/m101../s1. The Kier molecular flexibility index (Phi) is 28.2. The number of ketones is 1. The third-order valence-electron chi connectivity index (χ3n) is 20.5. The summed E-state index contributed by atoms with van der Waals surface area (Å²) in [5.41, 5.74) is -4.46. The number of halogens is 15. The predicted octanol–water partition coefficient (Wildman–Crippen LogP) is 17.1. The Balaban J connectivity index is 0.000000194. The molecule has 12 rings (SSSR count). The fourth-order valence-corrected chi connectivity index (χ4v) is 24.1. The first-order chi connectivity index (χ1) is 52.0. The highest BCUT2D eigenvalue weighted by molar-refractivity contribution is 7.93. The van der Waals surface area contributed by atoms with Crippen LogP contribution in [0.1, 0.15) is 139 Å². The van der Waals surface area contributed by atoms with E-state index in [0.29, 0.717) is 49.2 Å². The summed E-state index contributed by atoms with van der Waals surface area (Å²) < 4.78 is 330. The van der Waals surface area contributed by atoms with E-state index >= 15 is 8.78 Å². The third kappa shape index (κ3) is 17.7. The van der Waals surface area contributed by atoms with Crippen LogP contribution in [0.5, 0.6) is 17.2 Å². The fourth-order valence-electron chi connectivity index (χ4n) is 15.6. The Labute approximate surface area is 636 Å². The molecule has 0 aromatic heterocycles. The van der Waals surface area contributed by atoms with Crippen molar-refractivity contribution in [1.29, 1.82) is 0 Å². The molecule has 0 spiro atoms. The molecule has 6 aliphatic rings. The summed E-state index contributed by atoms with van der Waals surface area (Å²) in [6.07, 6.45) is -13.9. The lowest BCUT2D eigenvalue weighted by atomic mass is 9.68. The van der Waals surface area contributed by atoms with Gasteiger partial charge in [-0.25, -0.2) is 51.6 Å². The first-order valence-corrected chi connectivity index (χ1v) is 41.1. The van der Waals surface area contributed by atoms with E-state index in [0.717, 1.165) is 72.8 Å². The molecule has 3 heterocycles. The van der Waals surface area contributed by atoms with Crippen LogP contribution in [0.3, 0.4) is 0 Å². The fraction of sp³-hybridized carbons (Fsp3) is 0.480. The summed E-state index contributed by atoms with van der Waals surface area (Å²) in [4.78, 5) is 33.8. The second-order valence-electron chi connectivity index (χ2n) is 26.9. The van der Waals surface area contributed by atoms with Gasteiger partial charge in [0.15, 0.2) is 64.2 Å². The van der Waals surface area contributed by atoms with E-state index in [1.165, 1.54) is 0 Å². The average Bonchev–Trinajstić information content (AvgIpc) is 0.711. The van der Waals surface area contributed by atoms with Gasteiger partial charge in [0.05, 0.1) is 94.3 Å². The van der Waals surface area contributed by atoms with E-state index in [2.05, 4.69) is 4.74 Å². The minimum absolute atomic E-state index is 0. The minimum Gasteiger partial charge on any atom is -0.490 e. The molecule has 3 saturated carbocycles. The molecule has 8 atom stereocenters. The zero-order valence-corrected chi connectivity index (χ0v) is 63.0. The zero-order chi connectivity index (χ0) is 81.8. The number of rotatable bonds is 18. The van der Waals surface area contributed by atoms with Crippen molar-refractivity contribution in [2.45, 2.75) is 153 Å². The lowest BCUT2D eigenvalue weighted by Gasteiger charge is -2.49. The molecule has 3 aliphatic heterocycles. The molecule has 0 unspecified atom stereocenters. The molecular weight excluding hydrogens is 1600 g/mol. The van der Waals surface area contributed by atoms with Gasteiger partial charge >= 0.3 is 38.1 Å². The van der Waals surface area contributed by atoms with Gasteiger partial charge in [-0.3, -0.25) is 18.9 Å². The SMILES string of the molecule is C.CCOC(=O)CP(=O)(OCC)OCC.CCOC(=O)C[C@@H]1CC[C@@]2(S(=O)(=O)c3ccc(C(F)(F)F)cc3)c3c(F)ccc(F)c3OC[C@H]2C1.O=C1CC[C@@]2(S(=O)(=O)c3ccc(C(F)(F)F)cc3)c3c(F)ccc(F)c3OC[C@H]2C1.O=S(=O)(c1ccc(C(F)(F)F)cc1)[C@@]12CC[C@@H](CCO)C[C@@H]1COc1c(F)ccc(F)c12. The van der Waals surface area contributed by atoms with Crippen LogP contribution in [0, 0.1) is 64.5 Å². The van der Waals surface area contributed by atoms with E-state index in [1.807, 2.05) is 0 Å². The Hall–Kier alpha value is -7.76. The van der Waals surface area contributed by atoms with Crippen molar-refractivity contribution >= 4 is 54.8 Å². The van der Waals surface area contributed by atoms with Crippen LogP contribution in [0.25, 0.3) is 0 Å². The number of hydrogen-bond donors (Lipinski definition) is 1. The molecule has 0 saturated heterocycles. The predicted molar refractivity (Wildman–Crippen MR) is 373 cm³/mol. The van der Waals surface area contributed by atoms with Gasteiger partial charge in [0.25, 0.3) is 0 Å². The maximum absolute atomic E-state index is 15.2. The van der Waals surface area contributed by atoms with E-state index in [1.54, 1.807) is 27.7 Å². The smallest absolute Gasteiger partial charge is 0.416 e. The minimum atomic E-state index is -4.67. The summed E-state index contributed by atoms with van der Waals surface area (Å²) in [6, 6.07) is 13.8. The molecule has 0 radical (unpaired) electrons. The van der Waals surface area contributed by atoms with Gasteiger partial charge in [-0.05, 0) is 200 Å². The molecule has 6 aromatic rings. The number of benzene rings is 6. The number of aliphatic hydroxyl groups is 1. The maximum Gasteiger partial charge on any atom is 0.416 e.